The number of hydrogen-bond acceptors (Lipinski definition) is 4. The number of carbonyl (C=O) groups is 1. The van der Waals surface area contributed by atoms with Crippen LogP contribution in [-0.2, 0) is 11.2 Å². The zero-order valence-electron chi connectivity index (χ0n) is 11.7. The molecule has 0 amide bonds. The van der Waals surface area contributed by atoms with Crippen LogP contribution in [0.25, 0.3) is 0 Å². The van der Waals surface area contributed by atoms with E-state index in [9.17, 15) is 4.79 Å². The average molecular weight is 287 g/mol. The molecule has 5 nitrogen and oxygen atoms in total. The molecular weight excluding hydrogens is 270 g/mol. The van der Waals surface area contributed by atoms with Gasteiger partial charge in [0, 0.05) is 12.5 Å². The fraction of sp³-hybridized carbons (Fsp3) is 0.188. The fourth-order valence-electron chi connectivity index (χ4n) is 1.91. The van der Waals surface area contributed by atoms with Gasteiger partial charge in [-0.05, 0) is 23.8 Å². The van der Waals surface area contributed by atoms with Gasteiger partial charge in [-0.2, -0.15) is 0 Å². The molecule has 0 heterocycles. The smallest absolute Gasteiger partial charge is 0.320 e. The van der Waals surface area contributed by atoms with Gasteiger partial charge in [-0.3, -0.25) is 4.79 Å². The molecule has 21 heavy (non-hydrogen) atoms. The van der Waals surface area contributed by atoms with Crippen molar-refractivity contribution in [3.63, 3.8) is 0 Å². The summed E-state index contributed by atoms with van der Waals surface area (Å²) in [6.45, 7) is 0. The fourth-order valence-corrected chi connectivity index (χ4v) is 1.91. The molecule has 0 aliphatic rings. The lowest BCUT2D eigenvalue weighted by Gasteiger charge is -2.13. The third-order valence-corrected chi connectivity index (χ3v) is 2.99. The molecule has 0 radical (unpaired) electrons. The van der Waals surface area contributed by atoms with E-state index in [1.807, 2.05) is 30.3 Å². The first-order chi connectivity index (χ1) is 10.1. The van der Waals surface area contributed by atoms with Gasteiger partial charge in [0.15, 0.2) is 0 Å². The molecule has 3 N–H and O–H groups in total. The van der Waals surface area contributed by atoms with Crippen LogP contribution in [0, 0.1) is 0 Å². The van der Waals surface area contributed by atoms with Crippen molar-refractivity contribution < 1.29 is 19.4 Å². The second-order valence-corrected chi connectivity index (χ2v) is 4.54. The van der Waals surface area contributed by atoms with Gasteiger partial charge in [-0.25, -0.2) is 0 Å². The minimum atomic E-state index is -1.04. The predicted molar refractivity (Wildman–Crippen MR) is 78.8 cm³/mol. The monoisotopic (exact) mass is 287 g/mol. The SMILES string of the molecule is COc1cc(Oc2ccccc2)ccc1CC(N)C(=O)O. The maximum absolute atomic E-state index is 10.8. The zero-order chi connectivity index (χ0) is 15.2. The second kappa shape index (κ2) is 6.76. The molecule has 0 saturated carbocycles. The summed E-state index contributed by atoms with van der Waals surface area (Å²) < 4.78 is 11.0. The van der Waals surface area contributed by atoms with Crippen molar-refractivity contribution in [1.82, 2.24) is 0 Å². The van der Waals surface area contributed by atoms with E-state index in [1.54, 1.807) is 18.2 Å². The lowest BCUT2D eigenvalue weighted by molar-refractivity contribution is -0.138. The molecule has 110 valence electrons. The van der Waals surface area contributed by atoms with Crippen molar-refractivity contribution >= 4 is 5.97 Å². The van der Waals surface area contributed by atoms with Crippen LogP contribution in [0.5, 0.6) is 17.2 Å². The number of carboxylic acids is 1. The Kier molecular flexibility index (Phi) is 4.79. The highest BCUT2D eigenvalue weighted by Gasteiger charge is 2.15. The maximum atomic E-state index is 10.8. The Morgan fingerprint density at radius 1 is 1.19 bits per heavy atom. The zero-order valence-corrected chi connectivity index (χ0v) is 11.7. The standard InChI is InChI=1S/C16H17NO4/c1-20-15-10-13(21-12-5-3-2-4-6-12)8-7-11(15)9-14(17)16(18)19/h2-8,10,14H,9,17H2,1H3,(H,18,19). The Hall–Kier alpha value is -2.53. The molecule has 0 saturated heterocycles. The molecule has 0 aromatic heterocycles. The number of benzene rings is 2. The maximum Gasteiger partial charge on any atom is 0.320 e. The van der Waals surface area contributed by atoms with Crippen LogP contribution >= 0.6 is 0 Å². The normalized spacial score (nSPS) is 11.7. The first-order valence-electron chi connectivity index (χ1n) is 6.48. The number of aliphatic carboxylic acids is 1. The van der Waals surface area contributed by atoms with Crippen LogP contribution in [0.3, 0.4) is 0 Å². The van der Waals surface area contributed by atoms with Gasteiger partial charge < -0.3 is 20.3 Å². The van der Waals surface area contributed by atoms with Crippen LogP contribution in [0.2, 0.25) is 0 Å². The van der Waals surface area contributed by atoms with Crippen molar-refractivity contribution in [2.45, 2.75) is 12.5 Å². The van der Waals surface area contributed by atoms with E-state index in [2.05, 4.69) is 0 Å². The quantitative estimate of drug-likeness (QED) is 0.852. The van der Waals surface area contributed by atoms with Crippen LogP contribution in [0.15, 0.2) is 48.5 Å². The van der Waals surface area contributed by atoms with Crippen LogP contribution in [-0.4, -0.2) is 24.2 Å². The summed E-state index contributed by atoms with van der Waals surface area (Å²) in [5.41, 5.74) is 6.28. The lowest BCUT2D eigenvalue weighted by Crippen LogP contribution is -2.32. The number of methoxy groups -OCH3 is 1. The third-order valence-electron chi connectivity index (χ3n) is 2.99. The van der Waals surface area contributed by atoms with Crippen molar-refractivity contribution in [3.05, 3.63) is 54.1 Å². The number of para-hydroxylation sites is 1. The van der Waals surface area contributed by atoms with Gasteiger partial charge in [0.25, 0.3) is 0 Å². The largest absolute Gasteiger partial charge is 0.496 e. The van der Waals surface area contributed by atoms with E-state index >= 15 is 0 Å². The number of ether oxygens (including phenoxy) is 2. The van der Waals surface area contributed by atoms with Crippen LogP contribution < -0.4 is 15.2 Å². The Morgan fingerprint density at radius 2 is 1.90 bits per heavy atom. The number of rotatable bonds is 6. The lowest BCUT2D eigenvalue weighted by atomic mass is 10.1. The summed E-state index contributed by atoms with van der Waals surface area (Å²) in [6.07, 6.45) is 0.199. The molecule has 0 spiro atoms. The Labute approximate surface area is 122 Å². The third kappa shape index (κ3) is 3.97. The summed E-state index contributed by atoms with van der Waals surface area (Å²) in [4.78, 5) is 10.8. The van der Waals surface area contributed by atoms with Crippen molar-refractivity contribution in [2.75, 3.05) is 7.11 Å². The minimum Gasteiger partial charge on any atom is -0.496 e. The molecule has 0 aliphatic heterocycles. The predicted octanol–water partition coefficient (Wildman–Crippen LogP) is 2.44. The minimum absolute atomic E-state index is 0.199. The first-order valence-corrected chi connectivity index (χ1v) is 6.48. The highest BCUT2D eigenvalue weighted by Crippen LogP contribution is 2.28. The molecule has 1 unspecified atom stereocenters. The van der Waals surface area contributed by atoms with E-state index in [1.165, 1.54) is 7.11 Å². The van der Waals surface area contributed by atoms with Crippen molar-refractivity contribution in [1.29, 1.82) is 0 Å². The Balaban J connectivity index is 2.18. The second-order valence-electron chi connectivity index (χ2n) is 4.54. The topological polar surface area (TPSA) is 81.8 Å². The summed E-state index contributed by atoms with van der Waals surface area (Å²) in [7, 11) is 1.53. The molecular formula is C16H17NO4. The van der Waals surface area contributed by atoms with Gasteiger partial charge in [-0.1, -0.05) is 24.3 Å². The highest BCUT2D eigenvalue weighted by molar-refractivity contribution is 5.73. The summed E-state index contributed by atoms with van der Waals surface area (Å²) in [6, 6.07) is 13.7. The van der Waals surface area contributed by atoms with Gasteiger partial charge in [-0.15, -0.1) is 0 Å². The van der Waals surface area contributed by atoms with E-state index in [0.717, 1.165) is 11.3 Å². The number of carboxylic acid groups (broad SMARTS) is 1. The molecule has 0 bridgehead atoms. The van der Waals surface area contributed by atoms with Crippen LogP contribution in [0.4, 0.5) is 0 Å². The van der Waals surface area contributed by atoms with E-state index < -0.39 is 12.0 Å². The molecule has 5 heteroatoms. The first kappa shape index (κ1) is 14.9. The van der Waals surface area contributed by atoms with Gasteiger partial charge in [0.2, 0.25) is 0 Å². The Morgan fingerprint density at radius 3 is 2.52 bits per heavy atom. The molecule has 2 aromatic carbocycles. The van der Waals surface area contributed by atoms with Gasteiger partial charge in [0.1, 0.15) is 23.3 Å². The summed E-state index contributed by atoms with van der Waals surface area (Å²) in [5, 5.41) is 8.87. The van der Waals surface area contributed by atoms with Crippen molar-refractivity contribution in [3.8, 4) is 17.2 Å². The number of hydrogen-bond donors (Lipinski definition) is 2. The average Bonchev–Trinajstić information content (AvgIpc) is 2.49. The molecule has 2 aromatic rings. The highest BCUT2D eigenvalue weighted by atomic mass is 16.5. The summed E-state index contributed by atoms with van der Waals surface area (Å²) >= 11 is 0. The van der Waals surface area contributed by atoms with E-state index in [-0.39, 0.29) is 6.42 Å². The van der Waals surface area contributed by atoms with Crippen LogP contribution in [0.1, 0.15) is 5.56 Å². The van der Waals surface area contributed by atoms with E-state index in [4.69, 9.17) is 20.3 Å². The molecule has 1 atom stereocenters. The molecule has 0 aliphatic carbocycles. The molecule has 0 fully saturated rings. The molecule has 2 rings (SSSR count). The summed E-state index contributed by atoms with van der Waals surface area (Å²) in [5.74, 6) is 0.849. The van der Waals surface area contributed by atoms with Gasteiger partial charge in [0.05, 0.1) is 7.11 Å². The van der Waals surface area contributed by atoms with Crippen molar-refractivity contribution in [2.24, 2.45) is 5.73 Å². The Bertz CT molecular complexity index is 613. The van der Waals surface area contributed by atoms with Gasteiger partial charge >= 0.3 is 5.97 Å². The number of nitrogens with two attached hydrogens (primary N) is 1. The van der Waals surface area contributed by atoms with E-state index in [0.29, 0.717) is 11.5 Å².